The second-order valence-electron chi connectivity index (χ2n) is 0. The van der Waals surface area contributed by atoms with Crippen molar-refractivity contribution in [2.45, 2.75) is 0 Å². The van der Waals surface area contributed by atoms with Crippen LogP contribution < -0.4 is 59.1 Å². The summed E-state index contributed by atoms with van der Waals surface area (Å²) in [6.07, 6.45) is 0. The molecule has 0 heterocycles. The number of hydrogen-bond acceptors (Lipinski definition) is 7. The van der Waals surface area contributed by atoms with Crippen molar-refractivity contribution in [3.8, 4) is 0 Å². The summed E-state index contributed by atoms with van der Waals surface area (Å²) in [4.78, 5) is 55.2. The van der Waals surface area contributed by atoms with E-state index in [1.807, 2.05) is 40.7 Å². The van der Waals surface area contributed by atoms with Gasteiger partial charge in [0.15, 0.2) is 0 Å². The first-order valence-corrected chi connectivity index (χ1v) is 1.91. The Morgan fingerprint density at radius 2 is 0.412 bits per heavy atom. The molecular formula is C6H12FeNNa2O7+. The predicted octanol–water partition coefficient (Wildman–Crippen LogP) is -6.78. The molecule has 0 aliphatic heterocycles. The number of rotatable bonds is 0. The quantitative estimate of drug-likeness (QED) is 0.405. The summed E-state index contributed by atoms with van der Waals surface area (Å²) in [5.74, 6) is 0. The van der Waals surface area contributed by atoms with Crippen molar-refractivity contribution < 1.29 is 105 Å². The van der Waals surface area contributed by atoms with Crippen LogP contribution in [0.25, 0.3) is 5.59 Å². The Balaban J connectivity index is -0.00000000408. The van der Waals surface area contributed by atoms with Crippen LogP contribution in [0.5, 0.6) is 0 Å². The molecule has 8 nitrogen and oxygen atoms in total. The molecule has 0 radical (unpaired) electrons. The van der Waals surface area contributed by atoms with Crippen molar-refractivity contribution in [1.82, 2.24) is 0 Å². The van der Waals surface area contributed by atoms with Crippen LogP contribution in [0.2, 0.25) is 0 Å². The zero-order valence-electron chi connectivity index (χ0n) is 9.90. The number of nitrogens with zero attached hydrogens (tertiary/aromatic N) is 1. The Bertz CT molecular complexity index is 52.0. The minimum absolute atomic E-state index is 0. The van der Waals surface area contributed by atoms with E-state index in [1.165, 1.54) is 0 Å². The molecule has 0 aromatic carbocycles. The van der Waals surface area contributed by atoms with Gasteiger partial charge in [-0.3, -0.25) is 0 Å². The first-order valence-electron chi connectivity index (χ1n) is 1.91. The SMILES string of the molecule is C=O.C=O.C=O.C=O.C=O.C=O.[Fe].[N-]=O.[Na+].[Na+]. The van der Waals surface area contributed by atoms with Crippen LogP contribution >= 0.6 is 0 Å². The van der Waals surface area contributed by atoms with Crippen molar-refractivity contribution in [3.63, 3.8) is 0 Å². The average molecular weight is 312 g/mol. The van der Waals surface area contributed by atoms with E-state index in [0.29, 0.717) is 0 Å². The molecule has 17 heavy (non-hydrogen) atoms. The summed E-state index contributed by atoms with van der Waals surface area (Å²) in [7, 11) is 0. The molecule has 0 N–H and O–H groups in total. The molecule has 11 heteroatoms. The molecule has 0 rings (SSSR count). The van der Waals surface area contributed by atoms with Crippen LogP contribution in [0.15, 0.2) is 0 Å². The summed E-state index contributed by atoms with van der Waals surface area (Å²) < 4.78 is 0. The molecule has 0 fully saturated rings. The molecule has 0 saturated heterocycles. The molecule has 0 amide bonds. The van der Waals surface area contributed by atoms with E-state index in [0.717, 1.165) is 0 Å². The normalized spacial score (nSPS) is 1.65. The van der Waals surface area contributed by atoms with Crippen LogP contribution in [-0.2, 0) is 45.8 Å². The van der Waals surface area contributed by atoms with E-state index >= 15 is 0 Å². The third kappa shape index (κ3) is 166000. The van der Waals surface area contributed by atoms with Gasteiger partial charge in [0.1, 0.15) is 40.7 Å². The summed E-state index contributed by atoms with van der Waals surface area (Å²) in [6.45, 7) is 12.0. The van der Waals surface area contributed by atoms with Gasteiger partial charge in [0.25, 0.3) is 0 Å². The van der Waals surface area contributed by atoms with E-state index in [9.17, 15) is 0 Å². The minimum Gasteiger partial charge on any atom is -0.577 e. The van der Waals surface area contributed by atoms with E-state index < -0.39 is 0 Å². The van der Waals surface area contributed by atoms with Gasteiger partial charge in [-0.25, -0.2) is 0 Å². The zero-order valence-corrected chi connectivity index (χ0v) is 15.0. The molecule has 0 aromatic heterocycles. The third-order valence-corrected chi connectivity index (χ3v) is 0. The van der Waals surface area contributed by atoms with Gasteiger partial charge in [-0.1, -0.05) is 0 Å². The van der Waals surface area contributed by atoms with Crippen molar-refractivity contribution in [2.24, 2.45) is 0 Å². The van der Waals surface area contributed by atoms with Gasteiger partial charge >= 0.3 is 59.1 Å². The third-order valence-electron chi connectivity index (χ3n) is 0. The largest absolute Gasteiger partial charge is 1.00 e. The topological polar surface area (TPSA) is 142 Å². The second-order valence-corrected chi connectivity index (χ2v) is 0. The van der Waals surface area contributed by atoms with E-state index in [-0.39, 0.29) is 76.2 Å². The molecular weight excluding hydrogens is 300 g/mol. The molecule has 0 bridgehead atoms. The van der Waals surface area contributed by atoms with Gasteiger partial charge in [0.2, 0.25) is 0 Å². The maximum Gasteiger partial charge on any atom is 1.00 e. The maximum absolute atomic E-state index is 8.00. The Kier molecular flexibility index (Phi) is 980000. The Morgan fingerprint density at radius 1 is 0.412 bits per heavy atom. The van der Waals surface area contributed by atoms with Crippen LogP contribution in [0.4, 0.5) is 0 Å². The summed E-state index contributed by atoms with van der Waals surface area (Å²) in [6, 6.07) is 0. The first-order chi connectivity index (χ1) is 7.00. The van der Waals surface area contributed by atoms with Crippen molar-refractivity contribution in [2.75, 3.05) is 0 Å². The average Bonchev–Trinajstić information content (AvgIpc) is 2.45. The van der Waals surface area contributed by atoms with Gasteiger partial charge in [0, 0.05) is 17.1 Å². The Morgan fingerprint density at radius 3 is 0.412 bits per heavy atom. The minimum atomic E-state index is 0. The van der Waals surface area contributed by atoms with Crippen molar-refractivity contribution >= 4 is 40.7 Å². The van der Waals surface area contributed by atoms with Gasteiger partial charge in [0.05, 0.1) is 0 Å². The number of nitroso groups, excluding NO2 is 1. The van der Waals surface area contributed by atoms with E-state index in [2.05, 4.69) is 0 Å². The number of hydrogen-bond donors (Lipinski definition) is 0. The van der Waals surface area contributed by atoms with Gasteiger partial charge in [-0.15, -0.1) is 0 Å². The summed E-state index contributed by atoms with van der Waals surface area (Å²) in [5.41, 5.74) is 5.75. The molecule has 0 atom stereocenters. The van der Waals surface area contributed by atoms with Crippen LogP contribution in [0.3, 0.4) is 0 Å². The van der Waals surface area contributed by atoms with E-state index in [4.69, 9.17) is 39.3 Å². The van der Waals surface area contributed by atoms with Gasteiger partial charge in [-0.2, -0.15) is 0 Å². The molecule has 0 unspecified atom stereocenters. The molecule has 0 spiro atoms. The second kappa shape index (κ2) is 190000. The van der Waals surface area contributed by atoms with Gasteiger partial charge < -0.3 is 39.3 Å². The fourth-order valence-electron chi connectivity index (χ4n) is 0. The molecule has 0 aliphatic rings. The monoisotopic (exact) mass is 312 g/mol. The molecule has 0 aromatic rings. The maximum atomic E-state index is 8.00. The van der Waals surface area contributed by atoms with E-state index in [1.54, 1.807) is 0 Å². The first kappa shape index (κ1) is 87.6. The van der Waals surface area contributed by atoms with Crippen LogP contribution in [0, 0.1) is 4.91 Å². The summed E-state index contributed by atoms with van der Waals surface area (Å²) >= 11 is 0. The van der Waals surface area contributed by atoms with Crippen LogP contribution in [-0.4, -0.2) is 40.7 Å². The predicted molar refractivity (Wildman–Crippen MR) is 49.5 cm³/mol. The molecule has 0 saturated carbocycles. The standard InChI is InChI=1S/6CH2O.Fe.NO.2Na/c6*1-2;;1-2;;/h6*1H2;;;;/q;;;;;;;-1;2*+1. The number of carbonyl (C=O) groups excluding carboxylic acids is 6. The smallest absolute Gasteiger partial charge is 0.577 e. The van der Waals surface area contributed by atoms with Crippen LogP contribution in [0.1, 0.15) is 0 Å². The fourth-order valence-corrected chi connectivity index (χ4v) is 0. The molecule has 0 aliphatic carbocycles. The van der Waals surface area contributed by atoms with Crippen molar-refractivity contribution in [3.05, 3.63) is 10.5 Å². The fraction of sp³-hybridized carbons (Fsp3) is 0. The van der Waals surface area contributed by atoms with Crippen molar-refractivity contribution in [1.29, 1.82) is 0 Å². The Hall–Kier alpha value is 0.139. The molecule has 92 valence electrons. The Labute approximate surface area is 154 Å². The van der Waals surface area contributed by atoms with Gasteiger partial charge in [-0.05, 0) is 0 Å². The zero-order chi connectivity index (χ0) is 14.0. The summed E-state index contributed by atoms with van der Waals surface area (Å²) in [5, 5.41) is 0. The number of carbonyl (C=O) groups is 6.